The van der Waals surface area contributed by atoms with Crippen molar-refractivity contribution in [1.29, 1.82) is 0 Å². The highest BCUT2D eigenvalue weighted by Crippen LogP contribution is 2.41. The number of carbonyl (C=O) groups excluding carboxylic acids is 1. The molecule has 0 radical (unpaired) electrons. The summed E-state index contributed by atoms with van der Waals surface area (Å²) in [6.45, 7) is 3.82. The molecule has 1 aromatic heterocycles. The first-order chi connectivity index (χ1) is 8.13. The molecule has 1 aromatic carbocycles. The first-order valence-corrected chi connectivity index (χ1v) is 5.23. The molecule has 1 heterocycles. The third kappa shape index (κ3) is 1.56. The summed E-state index contributed by atoms with van der Waals surface area (Å²) in [6, 6.07) is 1.76. The van der Waals surface area contributed by atoms with Gasteiger partial charge in [0.2, 0.25) is 5.75 Å². The normalized spacial score (nSPS) is 10.6. The fourth-order valence-electron chi connectivity index (χ4n) is 1.93. The van der Waals surface area contributed by atoms with Crippen molar-refractivity contribution >= 4 is 17.3 Å². The molecule has 0 N–H and O–H groups in total. The van der Waals surface area contributed by atoms with Crippen molar-refractivity contribution in [3.8, 4) is 11.5 Å². The van der Waals surface area contributed by atoms with Crippen molar-refractivity contribution in [2.24, 2.45) is 0 Å². The van der Waals surface area contributed by atoms with Crippen LogP contribution < -0.4 is 9.47 Å². The van der Waals surface area contributed by atoms with Gasteiger partial charge < -0.3 is 13.9 Å². The molecule has 0 aliphatic rings. The minimum absolute atomic E-state index is 0.406. The van der Waals surface area contributed by atoms with Gasteiger partial charge in [0.1, 0.15) is 5.76 Å². The average molecular weight is 234 g/mol. The summed E-state index contributed by atoms with van der Waals surface area (Å²) in [5, 5.41) is 0.877. The lowest BCUT2D eigenvalue weighted by atomic mass is 10.1. The fraction of sp³-hybridized carbons (Fsp3) is 0.308. The van der Waals surface area contributed by atoms with Gasteiger partial charge in [-0.25, -0.2) is 0 Å². The lowest BCUT2D eigenvalue weighted by molar-refractivity contribution is 0.112. The van der Waals surface area contributed by atoms with Crippen molar-refractivity contribution in [1.82, 2.24) is 0 Å². The molecule has 0 amide bonds. The molecule has 0 spiro atoms. The highest BCUT2D eigenvalue weighted by Gasteiger charge is 2.20. The van der Waals surface area contributed by atoms with Crippen molar-refractivity contribution in [2.45, 2.75) is 13.8 Å². The zero-order valence-electron chi connectivity index (χ0n) is 10.3. The van der Waals surface area contributed by atoms with Crippen LogP contribution in [0.15, 0.2) is 10.5 Å². The molecule has 2 rings (SSSR count). The summed E-state index contributed by atoms with van der Waals surface area (Å²) in [4.78, 5) is 11.0. The van der Waals surface area contributed by atoms with Gasteiger partial charge >= 0.3 is 0 Å². The second kappa shape index (κ2) is 4.13. The van der Waals surface area contributed by atoms with E-state index >= 15 is 0 Å². The summed E-state index contributed by atoms with van der Waals surface area (Å²) >= 11 is 0. The molecule has 90 valence electrons. The molecule has 0 fully saturated rings. The minimum Gasteiger partial charge on any atom is -0.492 e. The van der Waals surface area contributed by atoms with E-state index in [-0.39, 0.29) is 0 Å². The van der Waals surface area contributed by atoms with Crippen LogP contribution in [0.4, 0.5) is 0 Å². The quantitative estimate of drug-likeness (QED) is 0.766. The number of methoxy groups -OCH3 is 2. The Bertz CT molecular complexity index is 581. The summed E-state index contributed by atoms with van der Waals surface area (Å²) in [6.07, 6.45) is 0.753. The van der Waals surface area contributed by atoms with Crippen molar-refractivity contribution in [2.75, 3.05) is 14.2 Å². The molecular weight excluding hydrogens is 220 g/mol. The smallest absolute Gasteiger partial charge is 0.205 e. The van der Waals surface area contributed by atoms with E-state index in [1.54, 1.807) is 6.07 Å². The summed E-state index contributed by atoms with van der Waals surface area (Å²) in [5.74, 6) is 1.68. The average Bonchev–Trinajstić information content (AvgIpc) is 2.63. The van der Waals surface area contributed by atoms with Gasteiger partial charge in [0, 0.05) is 5.39 Å². The van der Waals surface area contributed by atoms with E-state index in [0.29, 0.717) is 22.6 Å². The third-order valence-electron chi connectivity index (χ3n) is 2.94. The van der Waals surface area contributed by atoms with E-state index < -0.39 is 0 Å². The van der Waals surface area contributed by atoms with E-state index in [9.17, 15) is 4.79 Å². The van der Waals surface area contributed by atoms with Gasteiger partial charge in [-0.2, -0.15) is 0 Å². The Morgan fingerprint density at radius 1 is 1.18 bits per heavy atom. The van der Waals surface area contributed by atoms with E-state index in [1.807, 2.05) is 13.8 Å². The Balaban J connectivity index is 2.93. The summed E-state index contributed by atoms with van der Waals surface area (Å²) in [5.41, 5.74) is 2.08. The van der Waals surface area contributed by atoms with Gasteiger partial charge in [0.05, 0.1) is 19.8 Å². The van der Waals surface area contributed by atoms with Crippen LogP contribution in [0.3, 0.4) is 0 Å². The van der Waals surface area contributed by atoms with Crippen molar-refractivity contribution in [3.63, 3.8) is 0 Å². The Labute approximate surface area is 99.1 Å². The highest BCUT2D eigenvalue weighted by atomic mass is 16.5. The molecule has 0 bridgehead atoms. The number of furan rings is 1. The number of ether oxygens (including phenoxy) is 2. The number of carbonyl (C=O) groups is 1. The first kappa shape index (κ1) is 11.5. The van der Waals surface area contributed by atoms with Crippen LogP contribution in [0, 0.1) is 13.8 Å². The number of rotatable bonds is 3. The number of fused-ring (bicyclic) bond motifs is 1. The second-order valence-corrected chi connectivity index (χ2v) is 3.81. The largest absolute Gasteiger partial charge is 0.492 e. The first-order valence-electron chi connectivity index (χ1n) is 5.23. The van der Waals surface area contributed by atoms with Gasteiger partial charge in [-0.15, -0.1) is 0 Å². The van der Waals surface area contributed by atoms with Crippen LogP contribution >= 0.6 is 0 Å². The van der Waals surface area contributed by atoms with Gasteiger partial charge in [-0.1, -0.05) is 0 Å². The second-order valence-electron chi connectivity index (χ2n) is 3.81. The van der Waals surface area contributed by atoms with Crippen LogP contribution in [-0.2, 0) is 0 Å². The van der Waals surface area contributed by atoms with Gasteiger partial charge in [-0.3, -0.25) is 4.79 Å². The molecule has 17 heavy (non-hydrogen) atoms. The van der Waals surface area contributed by atoms with E-state index in [2.05, 4.69) is 0 Å². The summed E-state index contributed by atoms with van der Waals surface area (Å²) in [7, 11) is 3.03. The third-order valence-corrected chi connectivity index (χ3v) is 2.94. The molecule has 4 heteroatoms. The fourth-order valence-corrected chi connectivity index (χ4v) is 1.93. The lowest BCUT2D eigenvalue weighted by Crippen LogP contribution is -1.95. The Morgan fingerprint density at radius 3 is 2.35 bits per heavy atom. The molecule has 0 unspecified atom stereocenters. The molecule has 4 nitrogen and oxygen atoms in total. The van der Waals surface area contributed by atoms with Gasteiger partial charge in [0.15, 0.2) is 17.6 Å². The Morgan fingerprint density at radius 2 is 1.82 bits per heavy atom. The van der Waals surface area contributed by atoms with Crippen LogP contribution in [0.2, 0.25) is 0 Å². The molecule has 0 aliphatic carbocycles. The standard InChI is InChI=1S/C13H14O4/c1-7-8(2)17-12-10(7)5-9(6-14)11(15-3)13(12)16-4/h5-6H,1-4H3. The van der Waals surface area contributed by atoms with Gasteiger partial charge in [-0.05, 0) is 25.5 Å². The predicted molar refractivity (Wildman–Crippen MR) is 64.2 cm³/mol. The van der Waals surface area contributed by atoms with Crippen molar-refractivity contribution in [3.05, 3.63) is 23.0 Å². The molecule has 0 aliphatic heterocycles. The molecular formula is C13H14O4. The number of benzene rings is 1. The predicted octanol–water partition coefficient (Wildman–Crippen LogP) is 2.88. The van der Waals surface area contributed by atoms with Crippen LogP contribution in [-0.4, -0.2) is 20.5 Å². The molecule has 0 atom stereocenters. The molecule has 0 saturated carbocycles. The maximum absolute atomic E-state index is 11.0. The maximum atomic E-state index is 11.0. The van der Waals surface area contributed by atoms with E-state index in [4.69, 9.17) is 13.9 Å². The van der Waals surface area contributed by atoms with Crippen LogP contribution in [0.1, 0.15) is 21.7 Å². The zero-order valence-corrected chi connectivity index (χ0v) is 10.3. The van der Waals surface area contributed by atoms with Gasteiger partial charge in [0.25, 0.3) is 0 Å². The Hall–Kier alpha value is -1.97. The highest BCUT2D eigenvalue weighted by molar-refractivity contribution is 5.96. The number of aldehydes is 1. The lowest BCUT2D eigenvalue weighted by Gasteiger charge is -2.09. The van der Waals surface area contributed by atoms with E-state index in [1.165, 1.54) is 14.2 Å². The summed E-state index contributed by atoms with van der Waals surface area (Å²) < 4.78 is 16.1. The zero-order chi connectivity index (χ0) is 12.6. The van der Waals surface area contributed by atoms with Crippen molar-refractivity contribution < 1.29 is 18.7 Å². The topological polar surface area (TPSA) is 48.7 Å². The van der Waals surface area contributed by atoms with Crippen LogP contribution in [0.5, 0.6) is 11.5 Å². The monoisotopic (exact) mass is 234 g/mol. The Kier molecular flexibility index (Phi) is 2.79. The number of hydrogen-bond acceptors (Lipinski definition) is 4. The number of aryl methyl sites for hydroxylation is 2. The minimum atomic E-state index is 0.406. The molecule has 0 saturated heterocycles. The maximum Gasteiger partial charge on any atom is 0.205 e. The number of hydrogen-bond donors (Lipinski definition) is 0. The molecule has 2 aromatic rings. The van der Waals surface area contributed by atoms with E-state index in [0.717, 1.165) is 23.0 Å². The van der Waals surface area contributed by atoms with Crippen LogP contribution in [0.25, 0.3) is 11.0 Å². The SMILES string of the molecule is COc1c(C=O)cc2c(C)c(C)oc2c1OC.